The van der Waals surface area contributed by atoms with Crippen LogP contribution in [-0.4, -0.2) is 9.97 Å². The van der Waals surface area contributed by atoms with Crippen molar-refractivity contribution in [1.82, 2.24) is 9.97 Å². The van der Waals surface area contributed by atoms with E-state index in [2.05, 4.69) is 47.3 Å². The molecule has 0 fully saturated rings. The number of nitrogens with zero attached hydrogens (tertiary/aromatic N) is 2. The molecule has 1 aromatic carbocycles. The molecule has 3 nitrogen and oxygen atoms in total. The lowest BCUT2D eigenvalue weighted by Gasteiger charge is -2.10. The highest BCUT2D eigenvalue weighted by Crippen LogP contribution is 2.23. The molecule has 0 amide bonds. The molecule has 4 heteroatoms. The molecule has 0 saturated heterocycles. The molecule has 2 rings (SSSR count). The topological polar surface area (TPSA) is 37.8 Å². The summed E-state index contributed by atoms with van der Waals surface area (Å²) in [6.07, 6.45) is 1.46. The van der Waals surface area contributed by atoms with Gasteiger partial charge in [-0.15, -0.1) is 0 Å². The molecule has 0 atom stereocenters. The second-order valence-corrected chi connectivity index (χ2v) is 4.50. The average Bonchev–Trinajstić information content (AvgIpc) is 2.23. The number of benzene rings is 1. The van der Waals surface area contributed by atoms with E-state index >= 15 is 0 Å². The van der Waals surface area contributed by atoms with Gasteiger partial charge >= 0.3 is 0 Å². The van der Waals surface area contributed by atoms with E-state index in [1.165, 1.54) is 17.5 Å². The minimum Gasteiger partial charge on any atom is -0.340 e. The highest BCUT2D eigenvalue weighted by atomic mass is 35.5. The van der Waals surface area contributed by atoms with Crippen LogP contribution in [0.5, 0.6) is 0 Å². The Hall–Kier alpha value is -1.61. The minimum absolute atomic E-state index is 0.479. The number of aromatic nitrogens is 2. The van der Waals surface area contributed by atoms with Crippen LogP contribution in [0.25, 0.3) is 0 Å². The Kier molecular flexibility index (Phi) is 3.29. The Labute approximate surface area is 106 Å². The lowest BCUT2D eigenvalue weighted by molar-refractivity contribution is 1.13. The van der Waals surface area contributed by atoms with Crippen molar-refractivity contribution in [3.8, 4) is 0 Å². The van der Waals surface area contributed by atoms with Crippen LogP contribution in [0, 0.1) is 20.8 Å². The molecular formula is C13H14ClN3. The van der Waals surface area contributed by atoms with Gasteiger partial charge in [0, 0.05) is 11.3 Å². The number of hydrogen-bond acceptors (Lipinski definition) is 3. The van der Waals surface area contributed by atoms with Crippen molar-refractivity contribution in [1.29, 1.82) is 0 Å². The molecule has 0 aliphatic heterocycles. The van der Waals surface area contributed by atoms with Gasteiger partial charge in [-0.25, -0.2) is 9.97 Å². The summed E-state index contributed by atoms with van der Waals surface area (Å²) in [7, 11) is 0. The molecule has 17 heavy (non-hydrogen) atoms. The normalized spacial score (nSPS) is 10.4. The van der Waals surface area contributed by atoms with Gasteiger partial charge in [-0.1, -0.05) is 17.7 Å². The Morgan fingerprint density at radius 1 is 1.00 bits per heavy atom. The predicted octanol–water partition coefficient (Wildman–Crippen LogP) is 3.80. The Morgan fingerprint density at radius 3 is 2.29 bits per heavy atom. The van der Waals surface area contributed by atoms with Crippen molar-refractivity contribution in [3.05, 3.63) is 46.4 Å². The molecule has 0 aliphatic carbocycles. The fourth-order valence-electron chi connectivity index (χ4n) is 1.74. The first-order valence-electron chi connectivity index (χ1n) is 5.38. The third kappa shape index (κ3) is 2.74. The summed E-state index contributed by atoms with van der Waals surface area (Å²) < 4.78 is 0. The van der Waals surface area contributed by atoms with Crippen LogP contribution in [-0.2, 0) is 0 Å². The molecule has 0 bridgehead atoms. The molecule has 2 aromatic rings. The van der Waals surface area contributed by atoms with Gasteiger partial charge in [0.1, 0.15) is 17.3 Å². The van der Waals surface area contributed by atoms with E-state index in [9.17, 15) is 0 Å². The molecule has 1 aromatic heterocycles. The molecule has 0 saturated carbocycles. The van der Waals surface area contributed by atoms with E-state index in [-0.39, 0.29) is 0 Å². The largest absolute Gasteiger partial charge is 0.340 e. The van der Waals surface area contributed by atoms with Crippen LogP contribution in [0.3, 0.4) is 0 Å². The number of halogens is 1. The Morgan fingerprint density at radius 2 is 1.65 bits per heavy atom. The van der Waals surface area contributed by atoms with Crippen LogP contribution in [0.2, 0.25) is 5.15 Å². The lowest BCUT2D eigenvalue weighted by Crippen LogP contribution is -1.98. The monoisotopic (exact) mass is 247 g/mol. The zero-order valence-corrected chi connectivity index (χ0v) is 10.8. The van der Waals surface area contributed by atoms with Crippen molar-refractivity contribution in [2.75, 3.05) is 5.32 Å². The first-order valence-corrected chi connectivity index (χ1v) is 5.76. The number of anilines is 2. The quantitative estimate of drug-likeness (QED) is 0.821. The summed E-state index contributed by atoms with van der Waals surface area (Å²) in [5.41, 5.74) is 4.30. The minimum atomic E-state index is 0.479. The summed E-state index contributed by atoms with van der Waals surface area (Å²) in [6.45, 7) is 6.03. The zero-order valence-electron chi connectivity index (χ0n) is 10.1. The summed E-state index contributed by atoms with van der Waals surface area (Å²) >= 11 is 5.95. The SMILES string of the molecule is Cc1cc(C)cc(Nc2ncnc(Cl)c2C)c1. The van der Waals surface area contributed by atoms with Gasteiger partial charge in [0.15, 0.2) is 0 Å². The van der Waals surface area contributed by atoms with Crippen LogP contribution in [0.4, 0.5) is 11.5 Å². The smallest absolute Gasteiger partial charge is 0.138 e. The van der Waals surface area contributed by atoms with Gasteiger partial charge < -0.3 is 5.32 Å². The van der Waals surface area contributed by atoms with E-state index in [1.54, 1.807) is 0 Å². The van der Waals surface area contributed by atoms with Gasteiger partial charge in [-0.3, -0.25) is 0 Å². The first kappa shape index (κ1) is 11.9. The van der Waals surface area contributed by atoms with E-state index in [4.69, 9.17) is 11.6 Å². The Balaban J connectivity index is 2.34. The second kappa shape index (κ2) is 4.72. The second-order valence-electron chi connectivity index (χ2n) is 4.14. The van der Waals surface area contributed by atoms with Gasteiger partial charge in [-0.05, 0) is 44.0 Å². The predicted molar refractivity (Wildman–Crippen MR) is 71.0 cm³/mol. The maximum Gasteiger partial charge on any atom is 0.138 e. The van der Waals surface area contributed by atoms with Crippen molar-refractivity contribution in [3.63, 3.8) is 0 Å². The fraction of sp³-hybridized carbons (Fsp3) is 0.231. The lowest BCUT2D eigenvalue weighted by atomic mass is 10.1. The molecule has 0 radical (unpaired) electrons. The summed E-state index contributed by atoms with van der Waals surface area (Å²) in [4.78, 5) is 8.12. The summed E-state index contributed by atoms with van der Waals surface area (Å²) in [6, 6.07) is 6.27. The third-order valence-corrected chi connectivity index (χ3v) is 2.89. The number of aryl methyl sites for hydroxylation is 2. The zero-order chi connectivity index (χ0) is 12.4. The highest BCUT2D eigenvalue weighted by molar-refractivity contribution is 6.30. The number of hydrogen-bond donors (Lipinski definition) is 1. The van der Waals surface area contributed by atoms with E-state index in [1.807, 2.05) is 6.92 Å². The highest BCUT2D eigenvalue weighted by Gasteiger charge is 2.05. The molecule has 0 aliphatic rings. The van der Waals surface area contributed by atoms with Gasteiger partial charge in [0.2, 0.25) is 0 Å². The maximum absolute atomic E-state index is 5.95. The van der Waals surface area contributed by atoms with Gasteiger partial charge in [0.05, 0.1) is 0 Å². The molecule has 1 N–H and O–H groups in total. The fourth-order valence-corrected chi connectivity index (χ4v) is 1.87. The van der Waals surface area contributed by atoms with Crippen LogP contribution in [0.15, 0.2) is 24.5 Å². The Bertz CT molecular complexity index is 532. The number of nitrogens with one attached hydrogen (secondary N) is 1. The van der Waals surface area contributed by atoms with E-state index in [0.29, 0.717) is 5.15 Å². The van der Waals surface area contributed by atoms with E-state index < -0.39 is 0 Å². The van der Waals surface area contributed by atoms with Gasteiger partial charge in [0.25, 0.3) is 0 Å². The first-order chi connectivity index (χ1) is 8.06. The maximum atomic E-state index is 5.95. The standard InChI is InChI=1S/C13H14ClN3/c1-8-4-9(2)6-11(5-8)17-13-10(3)12(14)15-7-16-13/h4-7H,1-3H3,(H,15,16,17). The molecule has 1 heterocycles. The van der Waals surface area contributed by atoms with Crippen molar-refractivity contribution in [2.24, 2.45) is 0 Å². The average molecular weight is 248 g/mol. The molecular weight excluding hydrogens is 234 g/mol. The van der Waals surface area contributed by atoms with Crippen molar-refractivity contribution >= 4 is 23.1 Å². The van der Waals surface area contributed by atoms with E-state index in [0.717, 1.165) is 17.1 Å². The van der Waals surface area contributed by atoms with Crippen molar-refractivity contribution < 1.29 is 0 Å². The van der Waals surface area contributed by atoms with Crippen LogP contribution in [0.1, 0.15) is 16.7 Å². The van der Waals surface area contributed by atoms with Crippen molar-refractivity contribution in [2.45, 2.75) is 20.8 Å². The molecule has 0 spiro atoms. The summed E-state index contributed by atoms with van der Waals surface area (Å²) in [5.74, 6) is 0.745. The summed E-state index contributed by atoms with van der Waals surface area (Å²) in [5, 5.41) is 3.74. The number of rotatable bonds is 2. The molecule has 88 valence electrons. The third-order valence-electron chi connectivity index (χ3n) is 2.51. The van der Waals surface area contributed by atoms with Crippen LogP contribution < -0.4 is 5.32 Å². The van der Waals surface area contributed by atoms with Crippen LogP contribution >= 0.6 is 11.6 Å². The van der Waals surface area contributed by atoms with Gasteiger partial charge in [-0.2, -0.15) is 0 Å². The molecule has 0 unspecified atom stereocenters.